The molecule has 0 bridgehead atoms. The third-order valence-corrected chi connectivity index (χ3v) is 3.41. The zero-order valence-electron chi connectivity index (χ0n) is 8.51. The maximum atomic E-state index is 11.8. The van der Waals surface area contributed by atoms with Gasteiger partial charge in [0.1, 0.15) is 5.58 Å². The molecular weight excluding hydrogens is 258 g/mol. The first kappa shape index (κ1) is 10.5. The fraction of sp³-hybridized carbons (Fsp3) is 0. The SMILES string of the molecule is O=c1nc(-c2cccs2)oc2cc(Cl)ccc12. The molecule has 3 rings (SSSR count). The predicted octanol–water partition coefficient (Wildman–Crippen LogP) is 3.57. The van der Waals surface area contributed by atoms with Gasteiger partial charge in [0.2, 0.25) is 5.89 Å². The van der Waals surface area contributed by atoms with E-state index in [9.17, 15) is 4.79 Å². The Hall–Kier alpha value is -1.65. The molecule has 3 aromatic rings. The van der Waals surface area contributed by atoms with Gasteiger partial charge in [-0.15, -0.1) is 11.3 Å². The standard InChI is InChI=1S/C12H6ClNO2S/c13-7-3-4-8-9(6-7)16-12(14-11(8)15)10-2-1-5-17-10/h1-6H. The first-order valence-corrected chi connectivity index (χ1v) is 6.14. The molecule has 5 heteroatoms. The lowest BCUT2D eigenvalue weighted by Crippen LogP contribution is -2.06. The molecule has 1 aromatic carbocycles. The predicted molar refractivity (Wildman–Crippen MR) is 68.6 cm³/mol. The van der Waals surface area contributed by atoms with Gasteiger partial charge in [-0.05, 0) is 23.6 Å². The highest BCUT2D eigenvalue weighted by atomic mass is 35.5. The van der Waals surface area contributed by atoms with Crippen molar-refractivity contribution in [2.75, 3.05) is 0 Å². The van der Waals surface area contributed by atoms with Crippen molar-refractivity contribution in [3.63, 3.8) is 0 Å². The van der Waals surface area contributed by atoms with Crippen LogP contribution in [0.2, 0.25) is 5.02 Å². The summed E-state index contributed by atoms with van der Waals surface area (Å²) in [7, 11) is 0. The molecule has 0 aliphatic heterocycles. The van der Waals surface area contributed by atoms with Gasteiger partial charge in [0.25, 0.3) is 5.56 Å². The number of fused-ring (bicyclic) bond motifs is 1. The number of hydrogen-bond donors (Lipinski definition) is 0. The molecule has 0 radical (unpaired) electrons. The van der Waals surface area contributed by atoms with E-state index < -0.39 is 0 Å². The number of aromatic nitrogens is 1. The molecule has 0 aliphatic rings. The van der Waals surface area contributed by atoms with E-state index in [0.29, 0.717) is 21.9 Å². The van der Waals surface area contributed by atoms with Gasteiger partial charge in [-0.2, -0.15) is 4.98 Å². The average Bonchev–Trinajstić information content (AvgIpc) is 2.81. The first-order valence-electron chi connectivity index (χ1n) is 4.88. The minimum atomic E-state index is -0.300. The Balaban J connectivity index is 2.33. The highest BCUT2D eigenvalue weighted by Crippen LogP contribution is 2.25. The van der Waals surface area contributed by atoms with Gasteiger partial charge in [0.15, 0.2) is 0 Å². The Morgan fingerprint density at radius 3 is 2.94 bits per heavy atom. The largest absolute Gasteiger partial charge is 0.437 e. The Morgan fingerprint density at radius 1 is 1.29 bits per heavy atom. The molecule has 0 saturated heterocycles. The molecule has 0 saturated carbocycles. The van der Waals surface area contributed by atoms with Crippen LogP contribution in [-0.2, 0) is 0 Å². The summed E-state index contributed by atoms with van der Waals surface area (Å²) >= 11 is 7.34. The van der Waals surface area contributed by atoms with Crippen molar-refractivity contribution < 1.29 is 4.42 Å². The van der Waals surface area contributed by atoms with E-state index in [0.717, 1.165) is 4.88 Å². The van der Waals surface area contributed by atoms with Crippen molar-refractivity contribution in [1.29, 1.82) is 0 Å². The number of thiophene rings is 1. The van der Waals surface area contributed by atoms with Crippen LogP contribution in [0.1, 0.15) is 0 Å². The first-order chi connectivity index (χ1) is 8.24. The lowest BCUT2D eigenvalue weighted by Gasteiger charge is -1.99. The lowest BCUT2D eigenvalue weighted by molar-refractivity contribution is 0.597. The summed E-state index contributed by atoms with van der Waals surface area (Å²) in [4.78, 5) is 16.5. The minimum Gasteiger partial charge on any atom is -0.437 e. The molecule has 0 aliphatic carbocycles. The smallest absolute Gasteiger partial charge is 0.284 e. The third-order valence-electron chi connectivity index (χ3n) is 2.32. The Kier molecular flexibility index (Phi) is 2.46. The van der Waals surface area contributed by atoms with Crippen LogP contribution in [0.25, 0.3) is 21.7 Å². The summed E-state index contributed by atoms with van der Waals surface area (Å²) < 4.78 is 5.58. The molecule has 0 fully saturated rings. The van der Waals surface area contributed by atoms with Crippen molar-refractivity contribution in [3.05, 3.63) is 51.1 Å². The van der Waals surface area contributed by atoms with E-state index in [-0.39, 0.29) is 5.56 Å². The molecule has 84 valence electrons. The van der Waals surface area contributed by atoms with Gasteiger partial charge in [0, 0.05) is 11.1 Å². The molecule has 0 spiro atoms. The van der Waals surface area contributed by atoms with Crippen LogP contribution in [0.3, 0.4) is 0 Å². The summed E-state index contributed by atoms with van der Waals surface area (Å²) in [6, 6.07) is 8.62. The van der Waals surface area contributed by atoms with Crippen molar-refractivity contribution in [2.24, 2.45) is 0 Å². The maximum absolute atomic E-state index is 11.8. The molecule has 3 nitrogen and oxygen atoms in total. The fourth-order valence-electron chi connectivity index (χ4n) is 1.54. The second kappa shape index (κ2) is 3.98. The van der Waals surface area contributed by atoms with Gasteiger partial charge in [-0.1, -0.05) is 17.7 Å². The van der Waals surface area contributed by atoms with Crippen molar-refractivity contribution >= 4 is 33.9 Å². The van der Waals surface area contributed by atoms with Gasteiger partial charge >= 0.3 is 0 Å². The molecule has 0 N–H and O–H groups in total. The normalized spacial score (nSPS) is 10.9. The second-order valence-electron chi connectivity index (χ2n) is 3.44. The van der Waals surface area contributed by atoms with Crippen molar-refractivity contribution in [1.82, 2.24) is 4.98 Å². The highest BCUT2D eigenvalue weighted by molar-refractivity contribution is 7.13. The Morgan fingerprint density at radius 2 is 2.18 bits per heavy atom. The number of rotatable bonds is 1. The quantitative estimate of drug-likeness (QED) is 0.674. The highest BCUT2D eigenvalue weighted by Gasteiger charge is 2.09. The molecule has 2 heterocycles. The molecule has 0 amide bonds. The third kappa shape index (κ3) is 1.85. The lowest BCUT2D eigenvalue weighted by atomic mass is 10.2. The summed E-state index contributed by atoms with van der Waals surface area (Å²) in [5, 5.41) is 2.87. The molecule has 2 aromatic heterocycles. The number of benzene rings is 1. The maximum Gasteiger partial charge on any atom is 0.284 e. The number of hydrogen-bond acceptors (Lipinski definition) is 4. The summed E-state index contributed by atoms with van der Waals surface area (Å²) in [5.74, 6) is 0.333. The molecular formula is C12H6ClNO2S. The fourth-order valence-corrected chi connectivity index (χ4v) is 2.35. The monoisotopic (exact) mass is 263 g/mol. The summed E-state index contributed by atoms with van der Waals surface area (Å²) in [5.41, 5.74) is 0.159. The zero-order chi connectivity index (χ0) is 11.8. The van der Waals surface area contributed by atoms with Gasteiger partial charge < -0.3 is 4.42 Å². The zero-order valence-corrected chi connectivity index (χ0v) is 10.1. The number of nitrogens with zero attached hydrogens (tertiary/aromatic N) is 1. The van der Waals surface area contributed by atoms with Crippen LogP contribution in [-0.4, -0.2) is 4.98 Å². The molecule has 17 heavy (non-hydrogen) atoms. The molecule has 0 unspecified atom stereocenters. The van der Waals surface area contributed by atoms with Gasteiger partial charge in [0.05, 0.1) is 10.3 Å². The van der Waals surface area contributed by atoms with Crippen molar-refractivity contribution in [2.45, 2.75) is 0 Å². The van der Waals surface area contributed by atoms with Crippen LogP contribution in [0.15, 0.2) is 44.9 Å². The Labute approximate surface area is 105 Å². The van der Waals surface area contributed by atoms with E-state index in [4.69, 9.17) is 16.0 Å². The van der Waals surface area contributed by atoms with E-state index in [1.807, 2.05) is 17.5 Å². The topological polar surface area (TPSA) is 43.1 Å². The van der Waals surface area contributed by atoms with Gasteiger partial charge in [-0.3, -0.25) is 4.79 Å². The van der Waals surface area contributed by atoms with Crippen molar-refractivity contribution in [3.8, 4) is 10.8 Å². The number of halogens is 1. The van der Waals surface area contributed by atoms with Crippen LogP contribution in [0.5, 0.6) is 0 Å². The molecule has 0 atom stereocenters. The van der Waals surface area contributed by atoms with Crippen LogP contribution in [0, 0.1) is 0 Å². The average molecular weight is 264 g/mol. The summed E-state index contributed by atoms with van der Waals surface area (Å²) in [6.07, 6.45) is 0. The minimum absolute atomic E-state index is 0.300. The summed E-state index contributed by atoms with van der Waals surface area (Å²) in [6.45, 7) is 0. The van der Waals surface area contributed by atoms with E-state index >= 15 is 0 Å². The van der Waals surface area contributed by atoms with Gasteiger partial charge in [-0.25, -0.2) is 0 Å². The van der Waals surface area contributed by atoms with E-state index in [2.05, 4.69) is 4.98 Å². The van der Waals surface area contributed by atoms with Crippen LogP contribution >= 0.6 is 22.9 Å². The van der Waals surface area contributed by atoms with Crippen LogP contribution < -0.4 is 5.56 Å². The second-order valence-corrected chi connectivity index (χ2v) is 4.83. The Bertz CT molecular complexity index is 734. The van der Waals surface area contributed by atoms with Crippen LogP contribution in [0.4, 0.5) is 0 Å². The van der Waals surface area contributed by atoms with E-state index in [1.165, 1.54) is 11.3 Å². The van der Waals surface area contributed by atoms with E-state index in [1.54, 1.807) is 18.2 Å².